The van der Waals surface area contributed by atoms with Gasteiger partial charge in [-0.3, -0.25) is 9.11 Å². The summed E-state index contributed by atoms with van der Waals surface area (Å²) in [5.41, 5.74) is 0. The average Bonchev–Trinajstić information content (AvgIpc) is 0.722. The zero-order chi connectivity index (χ0) is 4.50. The van der Waals surface area contributed by atoms with Gasteiger partial charge in [-0.1, -0.05) is 0 Å². The molecule has 0 bridgehead atoms. The molecule has 0 rings (SSSR count). The van der Waals surface area contributed by atoms with Crippen LogP contribution in [0.4, 0.5) is 0 Å². The Balaban J connectivity index is -0.0000000267. The summed E-state index contributed by atoms with van der Waals surface area (Å²) in [4.78, 5) is 0. The van der Waals surface area contributed by atoms with Gasteiger partial charge in [0.2, 0.25) is 0 Å². The van der Waals surface area contributed by atoms with Crippen molar-refractivity contribution in [2.24, 2.45) is 0 Å². The van der Waals surface area contributed by atoms with Crippen LogP contribution in [-0.4, -0.2) is 96.0 Å². The molecule has 8 heavy (non-hydrogen) atoms. The van der Waals surface area contributed by atoms with Gasteiger partial charge in [-0.05, 0) is 0 Å². The fourth-order valence-electron chi connectivity index (χ4n) is 0. The second-order valence-corrected chi connectivity index (χ2v) is 1.34. The van der Waals surface area contributed by atoms with Crippen molar-refractivity contribution in [1.82, 2.24) is 0 Å². The molecule has 0 aliphatic rings. The summed E-state index contributed by atoms with van der Waals surface area (Å²) < 4.78 is 31.6. The first-order valence-electron chi connectivity index (χ1n) is 0.698. The van der Waals surface area contributed by atoms with Crippen molar-refractivity contribution in [2.45, 2.75) is 0 Å². The van der Waals surface area contributed by atoms with Crippen LogP contribution in [0.3, 0.4) is 0 Å². The van der Waals surface area contributed by atoms with Crippen molar-refractivity contribution in [3.05, 3.63) is 0 Å². The third kappa shape index (κ3) is 68.5. The third-order valence-electron chi connectivity index (χ3n) is 0. The van der Waals surface area contributed by atoms with Crippen LogP contribution >= 0.6 is 13.5 Å². The number of hydrogen-bond donors (Lipinski definition) is 2. The molecular weight excluding hydrogens is 288 g/mol. The number of rotatable bonds is 0. The Labute approximate surface area is 117 Å². The van der Waals surface area contributed by atoms with E-state index in [1.54, 1.807) is 0 Å². The van der Waals surface area contributed by atoms with Gasteiger partial charge in [-0.25, -0.2) is 0 Å². The van der Waals surface area contributed by atoms with E-state index in [1.807, 2.05) is 0 Å². The van der Waals surface area contributed by atoms with Gasteiger partial charge in [0.15, 0.2) is 0 Å². The van der Waals surface area contributed by atoms with Gasteiger partial charge in [0.1, 0.15) is 0 Å². The molecule has 8 heteroatoms. The Kier molecular flexibility index (Phi) is 27.5. The Morgan fingerprint density at radius 1 is 1.12 bits per heavy atom. The molecule has 0 saturated carbocycles. The second kappa shape index (κ2) is 9.79. The van der Waals surface area contributed by atoms with E-state index in [1.165, 1.54) is 0 Å². The molecule has 4 nitrogen and oxygen atoms in total. The molecule has 0 saturated heterocycles. The summed E-state index contributed by atoms with van der Waals surface area (Å²) in [5, 5.41) is 0. The first-order valence-corrected chi connectivity index (χ1v) is 2.10. The van der Waals surface area contributed by atoms with Crippen LogP contribution in [0, 0.1) is 0 Å². The Morgan fingerprint density at radius 2 is 1.12 bits per heavy atom. The van der Waals surface area contributed by atoms with Gasteiger partial charge in [-0.15, -0.1) is 0 Å². The summed E-state index contributed by atoms with van der Waals surface area (Å²) in [6.45, 7) is 0. The molecule has 0 aromatic heterocycles. The van der Waals surface area contributed by atoms with E-state index in [4.69, 9.17) is 17.5 Å². The summed E-state index contributed by atoms with van der Waals surface area (Å²) >= 11 is 0. The molecule has 0 aliphatic heterocycles. The van der Waals surface area contributed by atoms with E-state index in [9.17, 15) is 0 Å². The van der Waals surface area contributed by atoms with E-state index < -0.39 is 10.4 Å². The van der Waals surface area contributed by atoms with E-state index in [-0.39, 0.29) is 91.9 Å². The first-order chi connectivity index (χ1) is 2.00. The van der Waals surface area contributed by atoms with Crippen molar-refractivity contribution in [2.75, 3.05) is 0 Å². The molecule has 46 valence electrons. The minimum absolute atomic E-state index is 0. The van der Waals surface area contributed by atoms with E-state index in [0.29, 0.717) is 0 Å². The molecule has 0 aromatic rings. The number of hydrogen-bond acceptors (Lipinski definition) is 2. The quantitative estimate of drug-likeness (QED) is 0.396. The van der Waals surface area contributed by atoms with Crippen LogP contribution < -0.4 is 0 Å². The van der Waals surface area contributed by atoms with Gasteiger partial charge >= 0.3 is 88.8 Å². The van der Waals surface area contributed by atoms with Gasteiger partial charge < -0.3 is 0 Å². The maximum atomic E-state index is 8.74. The maximum absolute atomic E-state index is 8.74. The summed E-state index contributed by atoms with van der Waals surface area (Å²) in [5.74, 6) is 0. The van der Waals surface area contributed by atoms with Crippen LogP contribution in [0.5, 0.6) is 0 Å². The summed E-state index contributed by atoms with van der Waals surface area (Å²) in [6.07, 6.45) is 0. The van der Waals surface area contributed by atoms with Crippen LogP contribution in [0.1, 0.15) is 0 Å². The van der Waals surface area contributed by atoms with Gasteiger partial charge in [-0.2, -0.15) is 21.9 Å². The van der Waals surface area contributed by atoms with E-state index in [2.05, 4.69) is 0 Å². The molecule has 0 aliphatic carbocycles. The fraction of sp³-hybridized carbons (Fsp3) is 0. The Hall–Kier alpha value is 2.79. The topological polar surface area (TPSA) is 74.6 Å². The van der Waals surface area contributed by atoms with Crippen LogP contribution in [0.15, 0.2) is 0 Å². The van der Waals surface area contributed by atoms with Crippen molar-refractivity contribution in [3.63, 3.8) is 0 Å². The SMILES string of the molecule is O=S(=O)(O)O.S.[BaH2].[NaH]. The molecule has 0 unspecified atom stereocenters. The normalized spacial score (nSPS) is 7.25. The standard InChI is InChI=1S/Ba.Na.H2O4S.H2S.3H/c;;1-5(2,3)4;;;;/h;;(H2,1,2,3,4);1H2;;;. The zero-order valence-electron chi connectivity index (χ0n) is 2.62. The molecule has 0 spiro atoms. The first kappa shape index (κ1) is 22.4. The Bertz CT molecular complexity index is 97.2. The molecular formula is H7BaNaO4S2. The Morgan fingerprint density at radius 3 is 1.12 bits per heavy atom. The van der Waals surface area contributed by atoms with Crippen molar-refractivity contribution >= 4 is 102 Å². The molecule has 2 N–H and O–H groups in total. The monoisotopic (exact) mass is 296 g/mol. The minimum atomic E-state index is -4.67. The van der Waals surface area contributed by atoms with Crippen molar-refractivity contribution in [1.29, 1.82) is 0 Å². The van der Waals surface area contributed by atoms with Gasteiger partial charge in [0, 0.05) is 0 Å². The third-order valence-corrected chi connectivity index (χ3v) is 0. The molecule has 0 radical (unpaired) electrons. The average molecular weight is 296 g/mol. The predicted molar refractivity (Wildman–Crippen MR) is 40.3 cm³/mol. The van der Waals surface area contributed by atoms with E-state index in [0.717, 1.165) is 0 Å². The van der Waals surface area contributed by atoms with Crippen LogP contribution in [-0.2, 0) is 10.4 Å². The summed E-state index contributed by atoms with van der Waals surface area (Å²) in [7, 11) is -4.67. The van der Waals surface area contributed by atoms with Crippen LogP contribution in [0.25, 0.3) is 0 Å². The predicted octanol–water partition coefficient (Wildman–Crippen LogP) is -2.10. The van der Waals surface area contributed by atoms with Crippen LogP contribution in [0.2, 0.25) is 0 Å². The molecule has 0 amide bonds. The second-order valence-electron chi connectivity index (χ2n) is 0.448. The zero-order valence-corrected chi connectivity index (χ0v) is 4.44. The van der Waals surface area contributed by atoms with Gasteiger partial charge in [0.05, 0.1) is 0 Å². The summed E-state index contributed by atoms with van der Waals surface area (Å²) in [6, 6.07) is 0. The molecule has 0 atom stereocenters. The van der Waals surface area contributed by atoms with Gasteiger partial charge in [0.25, 0.3) is 0 Å². The van der Waals surface area contributed by atoms with E-state index >= 15 is 0 Å². The molecule has 0 heterocycles. The molecule has 0 aromatic carbocycles. The molecule has 0 fully saturated rings. The van der Waals surface area contributed by atoms with Crippen molar-refractivity contribution < 1.29 is 17.5 Å². The van der Waals surface area contributed by atoms with Crippen molar-refractivity contribution in [3.8, 4) is 0 Å². The fourth-order valence-corrected chi connectivity index (χ4v) is 0.